The van der Waals surface area contributed by atoms with Crippen LogP contribution in [0.15, 0.2) is 41.3 Å². The molecule has 0 spiro atoms. The average Bonchev–Trinajstić information content (AvgIpc) is 2.84. The summed E-state index contributed by atoms with van der Waals surface area (Å²) in [5.74, 6) is 1.11. The highest BCUT2D eigenvalue weighted by molar-refractivity contribution is 7.99. The second kappa shape index (κ2) is 7.34. The van der Waals surface area contributed by atoms with Crippen LogP contribution >= 0.6 is 34.7 Å². The second-order valence-electron chi connectivity index (χ2n) is 4.13. The highest BCUT2D eigenvalue weighted by atomic mass is 35.5. The summed E-state index contributed by atoms with van der Waals surface area (Å²) in [6, 6.07) is 13.1. The van der Waals surface area contributed by atoms with Crippen molar-refractivity contribution < 1.29 is 0 Å². The lowest BCUT2D eigenvalue weighted by atomic mass is 10.1. The molecular weight excluding hydrogens is 294 g/mol. The molecule has 0 aliphatic heterocycles. The summed E-state index contributed by atoms with van der Waals surface area (Å²) >= 11 is 9.56. The molecule has 0 saturated carbocycles. The average molecular weight is 312 g/mol. The molecule has 0 amide bonds. The Balaban J connectivity index is 2.23. The fourth-order valence-electron chi connectivity index (χ4n) is 1.99. The number of halogens is 1. The number of thiophene rings is 1. The van der Waals surface area contributed by atoms with E-state index < -0.39 is 0 Å². The van der Waals surface area contributed by atoms with Crippen LogP contribution < -0.4 is 5.32 Å². The number of benzene rings is 1. The van der Waals surface area contributed by atoms with Gasteiger partial charge in [-0.2, -0.15) is 0 Å². The molecule has 1 aromatic heterocycles. The molecule has 0 saturated heterocycles. The predicted octanol–water partition coefficient (Wildman–Crippen LogP) is 5.21. The van der Waals surface area contributed by atoms with Crippen molar-refractivity contribution in [2.24, 2.45) is 0 Å². The minimum atomic E-state index is 0.239. The zero-order valence-electron chi connectivity index (χ0n) is 11.2. The minimum Gasteiger partial charge on any atom is -0.306 e. The van der Waals surface area contributed by atoms with Gasteiger partial charge < -0.3 is 5.32 Å². The Hall–Kier alpha value is -0.480. The van der Waals surface area contributed by atoms with Crippen molar-refractivity contribution in [1.82, 2.24) is 5.32 Å². The van der Waals surface area contributed by atoms with Gasteiger partial charge in [-0.1, -0.05) is 37.6 Å². The molecule has 2 aromatic rings. The van der Waals surface area contributed by atoms with Crippen molar-refractivity contribution in [1.29, 1.82) is 0 Å². The highest BCUT2D eigenvalue weighted by Gasteiger charge is 2.14. The number of hydrogen-bond acceptors (Lipinski definition) is 3. The lowest BCUT2D eigenvalue weighted by Crippen LogP contribution is -2.20. The molecule has 0 aliphatic carbocycles. The van der Waals surface area contributed by atoms with E-state index in [0.717, 1.165) is 16.6 Å². The molecule has 1 unspecified atom stereocenters. The third-order valence-electron chi connectivity index (χ3n) is 2.81. The predicted molar refractivity (Wildman–Crippen MR) is 87.7 cm³/mol. The van der Waals surface area contributed by atoms with Crippen LogP contribution in [0.25, 0.3) is 0 Å². The maximum absolute atomic E-state index is 6.05. The molecule has 1 aromatic carbocycles. The van der Waals surface area contributed by atoms with Crippen LogP contribution in [0, 0.1) is 0 Å². The van der Waals surface area contributed by atoms with Gasteiger partial charge in [-0.15, -0.1) is 23.1 Å². The Bertz CT molecular complexity index is 507. The van der Waals surface area contributed by atoms with Gasteiger partial charge in [0.25, 0.3) is 0 Å². The summed E-state index contributed by atoms with van der Waals surface area (Å²) in [6.45, 7) is 5.24. The maximum Gasteiger partial charge on any atom is 0.0931 e. The number of hydrogen-bond donors (Lipinski definition) is 1. The van der Waals surface area contributed by atoms with Crippen molar-refractivity contribution >= 4 is 34.7 Å². The Morgan fingerprint density at radius 3 is 2.42 bits per heavy atom. The molecule has 102 valence electrons. The Labute approximate surface area is 128 Å². The first-order chi connectivity index (χ1) is 9.24. The van der Waals surface area contributed by atoms with E-state index in [4.69, 9.17) is 11.6 Å². The number of nitrogens with one attached hydrogen (secondary N) is 1. The van der Waals surface area contributed by atoms with Gasteiger partial charge in [0.15, 0.2) is 0 Å². The molecule has 2 rings (SSSR count). The van der Waals surface area contributed by atoms with E-state index in [1.165, 1.54) is 15.3 Å². The van der Waals surface area contributed by atoms with Crippen LogP contribution in [0.2, 0.25) is 4.34 Å². The zero-order valence-corrected chi connectivity index (χ0v) is 13.5. The summed E-state index contributed by atoms with van der Waals surface area (Å²) in [7, 11) is 0. The molecular formula is C15H18ClNS2. The van der Waals surface area contributed by atoms with Gasteiger partial charge in [0.1, 0.15) is 0 Å². The fourth-order valence-corrected chi connectivity index (χ4v) is 3.82. The second-order valence-corrected chi connectivity index (χ2v) is 7.22. The van der Waals surface area contributed by atoms with E-state index in [1.54, 1.807) is 11.3 Å². The monoisotopic (exact) mass is 311 g/mol. The van der Waals surface area contributed by atoms with Gasteiger partial charge in [-0.3, -0.25) is 0 Å². The lowest BCUT2D eigenvalue weighted by molar-refractivity contribution is 0.639. The summed E-state index contributed by atoms with van der Waals surface area (Å²) < 4.78 is 0.844. The first-order valence-electron chi connectivity index (χ1n) is 6.46. The minimum absolute atomic E-state index is 0.239. The number of thioether (sulfide) groups is 1. The molecule has 1 nitrogen and oxygen atoms in total. The van der Waals surface area contributed by atoms with Gasteiger partial charge in [0.2, 0.25) is 0 Å². The Kier molecular flexibility index (Phi) is 5.76. The van der Waals surface area contributed by atoms with Gasteiger partial charge in [-0.25, -0.2) is 0 Å². The Morgan fingerprint density at radius 2 is 1.89 bits per heavy atom. The standard InChI is InChI=1S/C15H18ClNS2/c1-3-17-15(13-9-10-14(16)19-13)11-5-7-12(8-6-11)18-4-2/h5-10,15,17H,3-4H2,1-2H3. The topological polar surface area (TPSA) is 12.0 Å². The van der Waals surface area contributed by atoms with E-state index in [2.05, 4.69) is 49.5 Å². The largest absolute Gasteiger partial charge is 0.306 e. The van der Waals surface area contributed by atoms with Crippen molar-refractivity contribution in [2.75, 3.05) is 12.3 Å². The Morgan fingerprint density at radius 1 is 1.16 bits per heavy atom. The first-order valence-corrected chi connectivity index (χ1v) is 8.64. The van der Waals surface area contributed by atoms with Gasteiger partial charge in [0.05, 0.1) is 10.4 Å². The molecule has 1 atom stereocenters. The van der Waals surface area contributed by atoms with Crippen LogP contribution in [0.4, 0.5) is 0 Å². The fraction of sp³-hybridized carbons (Fsp3) is 0.333. The molecule has 0 aliphatic rings. The summed E-state index contributed by atoms with van der Waals surface area (Å²) in [4.78, 5) is 2.59. The molecule has 0 bridgehead atoms. The van der Waals surface area contributed by atoms with Crippen LogP contribution in [0.1, 0.15) is 30.3 Å². The van der Waals surface area contributed by atoms with Crippen molar-refractivity contribution in [3.05, 3.63) is 51.2 Å². The molecule has 1 N–H and O–H groups in total. The van der Waals surface area contributed by atoms with E-state index in [1.807, 2.05) is 17.8 Å². The van der Waals surface area contributed by atoms with E-state index >= 15 is 0 Å². The van der Waals surface area contributed by atoms with Crippen molar-refractivity contribution in [2.45, 2.75) is 24.8 Å². The van der Waals surface area contributed by atoms with Crippen molar-refractivity contribution in [3.8, 4) is 0 Å². The summed E-state index contributed by atoms with van der Waals surface area (Å²) in [5.41, 5.74) is 1.29. The quantitative estimate of drug-likeness (QED) is 0.735. The van der Waals surface area contributed by atoms with E-state index in [0.29, 0.717) is 0 Å². The smallest absolute Gasteiger partial charge is 0.0931 e. The third kappa shape index (κ3) is 3.99. The first kappa shape index (κ1) is 14.9. The maximum atomic E-state index is 6.05. The van der Waals surface area contributed by atoms with E-state index in [-0.39, 0.29) is 6.04 Å². The SMILES string of the molecule is CCNC(c1ccc(SCC)cc1)c1ccc(Cl)s1. The van der Waals surface area contributed by atoms with Gasteiger partial charge in [0, 0.05) is 9.77 Å². The van der Waals surface area contributed by atoms with Crippen LogP contribution in [0.3, 0.4) is 0 Å². The van der Waals surface area contributed by atoms with Crippen LogP contribution in [-0.2, 0) is 0 Å². The van der Waals surface area contributed by atoms with Crippen LogP contribution in [0.5, 0.6) is 0 Å². The molecule has 0 fully saturated rings. The normalized spacial score (nSPS) is 12.6. The summed E-state index contributed by atoms with van der Waals surface area (Å²) in [5, 5.41) is 3.52. The van der Waals surface area contributed by atoms with E-state index in [9.17, 15) is 0 Å². The lowest BCUT2D eigenvalue weighted by Gasteiger charge is -2.17. The molecule has 4 heteroatoms. The summed E-state index contributed by atoms with van der Waals surface area (Å²) in [6.07, 6.45) is 0. The molecule has 0 radical (unpaired) electrons. The van der Waals surface area contributed by atoms with Crippen LogP contribution in [-0.4, -0.2) is 12.3 Å². The number of rotatable bonds is 6. The zero-order chi connectivity index (χ0) is 13.7. The molecule has 19 heavy (non-hydrogen) atoms. The third-order valence-corrected chi connectivity index (χ3v) is 5.00. The van der Waals surface area contributed by atoms with Gasteiger partial charge >= 0.3 is 0 Å². The molecule has 1 heterocycles. The highest BCUT2D eigenvalue weighted by Crippen LogP contribution is 2.31. The van der Waals surface area contributed by atoms with Crippen molar-refractivity contribution in [3.63, 3.8) is 0 Å². The van der Waals surface area contributed by atoms with Gasteiger partial charge in [-0.05, 0) is 42.1 Å².